The van der Waals surface area contributed by atoms with Crippen LogP contribution in [0.1, 0.15) is 74.1 Å². The molecule has 284 valence electrons. The molecule has 0 bridgehead atoms. The fraction of sp³-hybridized carbons (Fsp3) is 0.571. The Morgan fingerprint density at radius 2 is 1.60 bits per heavy atom. The molecule has 1 unspecified atom stereocenters. The van der Waals surface area contributed by atoms with Gasteiger partial charge in [0.05, 0.1) is 32.8 Å². The second-order valence-electron chi connectivity index (χ2n) is 14.2. The molecular formula is C35H45ClFN5O10. The van der Waals surface area contributed by atoms with Gasteiger partial charge in [-0.15, -0.1) is 0 Å². The Bertz CT molecular complexity index is 1760. The van der Waals surface area contributed by atoms with Crippen LogP contribution in [-0.4, -0.2) is 92.9 Å². The minimum absolute atomic E-state index is 0.00973. The predicted molar refractivity (Wildman–Crippen MR) is 186 cm³/mol. The molecule has 0 saturated carbocycles. The molecule has 3 aromatic rings. The summed E-state index contributed by atoms with van der Waals surface area (Å²) in [6.07, 6.45) is -5.22. The molecule has 2 aromatic heterocycles. The Morgan fingerprint density at radius 3 is 2.12 bits per heavy atom. The van der Waals surface area contributed by atoms with Crippen LogP contribution in [0.4, 0.5) is 19.8 Å². The first-order valence-corrected chi connectivity index (χ1v) is 17.0. The zero-order valence-corrected chi connectivity index (χ0v) is 31.6. The fourth-order valence-electron chi connectivity index (χ4n) is 5.39. The largest absolute Gasteiger partial charge is 0.497 e. The number of imide groups is 1. The van der Waals surface area contributed by atoms with Crippen LogP contribution in [0.2, 0.25) is 5.28 Å². The number of nitrogens with zero attached hydrogens (tertiary/aromatic N) is 5. The van der Waals surface area contributed by atoms with Gasteiger partial charge in [0.25, 0.3) is 0 Å². The van der Waals surface area contributed by atoms with E-state index in [0.717, 1.165) is 0 Å². The summed E-state index contributed by atoms with van der Waals surface area (Å²) in [7, 11) is 1.51. The average Bonchev–Trinajstić information content (AvgIpc) is 3.57. The standard InChI is InChI=1S/C35H45ClFN5O10/c1-11-48-29(44)35(20(3)43,16-21-12-14-22(47-10)15-13-21)49-17-23-19(2)24(37)28(50-23)41-18-38-25-26(41)39-30(36)40-27(25)42(31(45)51-33(4,5)6)32(46)52-34(7,8)9/h12-15,18-19,23-24,28H,11,16-17H2,1-10H3/t19-,23-,24+,28-,35?/m1/s1. The lowest BCUT2D eigenvalue weighted by Crippen LogP contribution is -2.52. The van der Waals surface area contributed by atoms with Crippen LogP contribution in [0, 0.1) is 5.92 Å². The van der Waals surface area contributed by atoms with Gasteiger partial charge in [-0.05, 0) is 84.7 Å². The molecule has 3 heterocycles. The predicted octanol–water partition coefficient (Wildman–Crippen LogP) is 6.19. The molecule has 1 aliphatic heterocycles. The molecule has 1 aromatic carbocycles. The van der Waals surface area contributed by atoms with Gasteiger partial charge in [0.15, 0.2) is 35.2 Å². The lowest BCUT2D eigenvalue weighted by Gasteiger charge is -2.31. The zero-order chi connectivity index (χ0) is 38.8. The van der Waals surface area contributed by atoms with Gasteiger partial charge >= 0.3 is 18.2 Å². The second-order valence-corrected chi connectivity index (χ2v) is 14.6. The first-order valence-electron chi connectivity index (χ1n) is 16.6. The van der Waals surface area contributed by atoms with E-state index < -0.39 is 70.4 Å². The van der Waals surface area contributed by atoms with Gasteiger partial charge < -0.3 is 28.4 Å². The SMILES string of the molecule is CCOC(=O)C(Cc1ccc(OC)cc1)(OC[C@H]1O[C@@H](n2cnc3c(N(C(=O)OC(C)(C)C)C(=O)OC(C)(C)C)nc(Cl)nc32)[C@@H](F)[C@@H]1C)C(C)=O. The van der Waals surface area contributed by atoms with Crippen LogP contribution >= 0.6 is 11.6 Å². The quantitative estimate of drug-likeness (QED) is 0.0942. The third kappa shape index (κ3) is 8.96. The number of fused-ring (bicyclic) bond motifs is 1. The number of Topliss-reactive ketones (excluding diaryl/α,β-unsaturated/α-hetero) is 1. The van der Waals surface area contributed by atoms with Crippen LogP contribution in [0.5, 0.6) is 5.75 Å². The van der Waals surface area contributed by atoms with E-state index in [9.17, 15) is 19.2 Å². The number of rotatable bonds is 11. The van der Waals surface area contributed by atoms with E-state index in [-0.39, 0.29) is 36.6 Å². The van der Waals surface area contributed by atoms with E-state index in [2.05, 4.69) is 15.0 Å². The summed E-state index contributed by atoms with van der Waals surface area (Å²) in [6, 6.07) is 6.75. The number of esters is 1. The maximum absolute atomic E-state index is 16.2. The highest BCUT2D eigenvalue weighted by molar-refractivity contribution is 6.29. The second kappa shape index (κ2) is 15.7. The van der Waals surface area contributed by atoms with Gasteiger partial charge in [0.1, 0.15) is 17.0 Å². The molecule has 5 atom stereocenters. The van der Waals surface area contributed by atoms with Gasteiger partial charge in [-0.1, -0.05) is 19.1 Å². The summed E-state index contributed by atoms with van der Waals surface area (Å²) in [5, 5.41) is -0.401. The van der Waals surface area contributed by atoms with Crippen molar-refractivity contribution in [1.82, 2.24) is 19.5 Å². The Kier molecular flexibility index (Phi) is 12.2. The Hall–Kier alpha value is -4.41. The first kappa shape index (κ1) is 40.4. The van der Waals surface area contributed by atoms with E-state index in [4.69, 9.17) is 40.0 Å². The normalized spacial score (nSPS) is 20.2. The summed E-state index contributed by atoms with van der Waals surface area (Å²) in [5.41, 5.74) is -3.67. The summed E-state index contributed by atoms with van der Waals surface area (Å²) in [4.78, 5) is 66.4. The van der Waals surface area contributed by atoms with Crippen molar-refractivity contribution >= 4 is 52.5 Å². The van der Waals surface area contributed by atoms with Crippen molar-refractivity contribution in [1.29, 1.82) is 0 Å². The third-order valence-corrected chi connectivity index (χ3v) is 8.14. The molecular weight excluding hydrogens is 705 g/mol. The molecule has 0 aliphatic carbocycles. The topological polar surface area (TPSA) is 170 Å². The van der Waals surface area contributed by atoms with Crippen LogP contribution in [0.3, 0.4) is 0 Å². The number of halogens is 2. The summed E-state index contributed by atoms with van der Waals surface area (Å²) in [5.74, 6) is -2.11. The van der Waals surface area contributed by atoms with E-state index in [1.165, 1.54) is 24.9 Å². The number of methoxy groups -OCH3 is 1. The molecule has 0 radical (unpaired) electrons. The highest BCUT2D eigenvalue weighted by Gasteiger charge is 2.50. The molecule has 2 amide bonds. The number of ether oxygens (including phenoxy) is 6. The minimum Gasteiger partial charge on any atom is -0.497 e. The van der Waals surface area contributed by atoms with Crippen LogP contribution in [0.15, 0.2) is 30.6 Å². The van der Waals surface area contributed by atoms with Crippen molar-refractivity contribution in [2.75, 3.05) is 25.2 Å². The molecule has 1 saturated heterocycles. The van der Waals surface area contributed by atoms with E-state index >= 15 is 4.39 Å². The number of aromatic nitrogens is 4. The van der Waals surface area contributed by atoms with Crippen molar-refractivity contribution in [3.63, 3.8) is 0 Å². The van der Waals surface area contributed by atoms with Crippen LogP contribution < -0.4 is 9.64 Å². The minimum atomic E-state index is -2.05. The van der Waals surface area contributed by atoms with Gasteiger partial charge in [0, 0.05) is 12.3 Å². The third-order valence-electron chi connectivity index (χ3n) is 7.97. The maximum Gasteiger partial charge on any atom is 0.425 e. The Balaban J connectivity index is 1.68. The Labute approximate surface area is 306 Å². The molecule has 4 rings (SSSR count). The number of ketones is 1. The van der Waals surface area contributed by atoms with Crippen molar-refractivity contribution < 1.29 is 52.0 Å². The van der Waals surface area contributed by atoms with E-state index in [0.29, 0.717) is 16.2 Å². The number of hydrogen-bond acceptors (Lipinski definition) is 13. The molecule has 0 spiro atoms. The van der Waals surface area contributed by atoms with Gasteiger partial charge in [-0.2, -0.15) is 14.9 Å². The number of imidazole rings is 1. The van der Waals surface area contributed by atoms with Gasteiger partial charge in [-0.25, -0.2) is 23.8 Å². The van der Waals surface area contributed by atoms with Crippen molar-refractivity contribution in [3.8, 4) is 5.75 Å². The highest BCUT2D eigenvalue weighted by Crippen LogP contribution is 2.40. The van der Waals surface area contributed by atoms with E-state index in [1.54, 1.807) is 79.7 Å². The van der Waals surface area contributed by atoms with E-state index in [1.807, 2.05) is 0 Å². The number of anilines is 1. The molecule has 1 aliphatic rings. The van der Waals surface area contributed by atoms with Crippen LogP contribution in [0.25, 0.3) is 11.2 Å². The van der Waals surface area contributed by atoms with Gasteiger partial charge in [-0.3, -0.25) is 9.36 Å². The molecule has 0 N–H and O–H groups in total. The lowest BCUT2D eigenvalue weighted by molar-refractivity contribution is -0.182. The summed E-state index contributed by atoms with van der Waals surface area (Å²) >= 11 is 6.31. The number of benzene rings is 1. The maximum atomic E-state index is 16.2. The van der Waals surface area contributed by atoms with Crippen molar-refractivity contribution in [2.24, 2.45) is 5.92 Å². The first-order chi connectivity index (χ1) is 24.2. The number of carbonyl (C=O) groups is 4. The smallest absolute Gasteiger partial charge is 0.425 e. The van der Waals surface area contributed by atoms with Crippen molar-refractivity contribution in [2.45, 2.75) is 104 Å². The lowest BCUT2D eigenvalue weighted by atomic mass is 9.90. The molecule has 15 nitrogen and oxygen atoms in total. The highest BCUT2D eigenvalue weighted by atomic mass is 35.5. The Morgan fingerprint density at radius 1 is 1.00 bits per heavy atom. The summed E-state index contributed by atoms with van der Waals surface area (Å²) < 4.78 is 51.1. The number of amides is 2. The van der Waals surface area contributed by atoms with Gasteiger partial charge in [0.2, 0.25) is 10.9 Å². The molecule has 52 heavy (non-hydrogen) atoms. The number of alkyl halides is 1. The number of carbonyl (C=O) groups excluding carboxylic acids is 4. The van der Waals surface area contributed by atoms with Crippen molar-refractivity contribution in [3.05, 3.63) is 41.4 Å². The molecule has 1 fully saturated rings. The fourth-order valence-corrected chi connectivity index (χ4v) is 5.55. The molecule has 17 heteroatoms. The van der Waals surface area contributed by atoms with Crippen LogP contribution in [-0.2, 0) is 39.7 Å². The number of hydrogen-bond donors (Lipinski definition) is 0. The average molecular weight is 750 g/mol. The monoisotopic (exact) mass is 749 g/mol. The summed E-state index contributed by atoms with van der Waals surface area (Å²) in [6.45, 7) is 13.7. The zero-order valence-electron chi connectivity index (χ0n) is 30.9.